The van der Waals surface area contributed by atoms with Crippen LogP contribution in [0, 0.1) is 13.8 Å². The summed E-state index contributed by atoms with van der Waals surface area (Å²) in [5.74, 6) is 0.534. The van der Waals surface area contributed by atoms with E-state index in [0.29, 0.717) is 34.5 Å². The van der Waals surface area contributed by atoms with Crippen molar-refractivity contribution in [2.45, 2.75) is 20.8 Å². The molecule has 3 aromatic carbocycles. The molecule has 0 aliphatic heterocycles. The maximum atomic E-state index is 13.1. The van der Waals surface area contributed by atoms with Crippen LogP contribution in [0.1, 0.15) is 28.7 Å². The molecule has 0 aliphatic rings. The molecule has 5 nitrogen and oxygen atoms in total. The van der Waals surface area contributed by atoms with Crippen LogP contribution in [-0.4, -0.2) is 22.0 Å². The third kappa shape index (κ3) is 3.39. The Bertz CT molecular complexity index is 1290. The summed E-state index contributed by atoms with van der Waals surface area (Å²) in [6, 6.07) is 22.3. The number of rotatable bonds is 4. The summed E-state index contributed by atoms with van der Waals surface area (Å²) in [5, 5.41) is 0.569. The fourth-order valence-electron chi connectivity index (χ4n) is 3.75. The van der Waals surface area contributed by atoms with E-state index in [1.54, 1.807) is 39.8 Å². The number of nitrogens with zero attached hydrogens (tertiary/aromatic N) is 3. The molecule has 1 aromatic heterocycles. The second-order valence-corrected chi connectivity index (χ2v) is 7.20. The van der Waals surface area contributed by atoms with Gasteiger partial charge in [-0.1, -0.05) is 30.3 Å². The first-order valence-electron chi connectivity index (χ1n) is 9.97. The first kappa shape index (κ1) is 19.6. The van der Waals surface area contributed by atoms with Gasteiger partial charge in [-0.2, -0.15) is 0 Å². The van der Waals surface area contributed by atoms with Crippen LogP contribution in [0.2, 0.25) is 0 Å². The standard InChI is InChI=1S/C25H23N3O2/c1-4-27(23-12-8-5-9-17(23)2)24(29)19-13-15-20(16-14-19)28-18(3)26-22-11-7-6-10-21(22)25(28)30/h5-16H,4H2,1-3H3. The molecule has 4 aromatic rings. The molecule has 150 valence electrons. The zero-order valence-corrected chi connectivity index (χ0v) is 17.3. The van der Waals surface area contributed by atoms with Gasteiger partial charge in [0, 0.05) is 17.8 Å². The molecule has 0 radical (unpaired) electrons. The summed E-state index contributed by atoms with van der Waals surface area (Å²) >= 11 is 0. The topological polar surface area (TPSA) is 55.2 Å². The van der Waals surface area contributed by atoms with Gasteiger partial charge in [-0.15, -0.1) is 0 Å². The molecule has 0 atom stereocenters. The van der Waals surface area contributed by atoms with Crippen molar-refractivity contribution >= 4 is 22.5 Å². The lowest BCUT2D eigenvalue weighted by molar-refractivity contribution is 0.0988. The number of carbonyl (C=O) groups excluding carboxylic acids is 1. The molecule has 0 unspecified atom stereocenters. The molecule has 0 spiro atoms. The van der Waals surface area contributed by atoms with Gasteiger partial charge in [0.15, 0.2) is 0 Å². The number of hydrogen-bond acceptors (Lipinski definition) is 3. The number of benzene rings is 3. The van der Waals surface area contributed by atoms with Crippen LogP contribution in [0.5, 0.6) is 0 Å². The third-order valence-electron chi connectivity index (χ3n) is 5.28. The van der Waals surface area contributed by atoms with E-state index in [9.17, 15) is 9.59 Å². The Morgan fingerprint density at radius 2 is 1.60 bits per heavy atom. The maximum absolute atomic E-state index is 13.1. The van der Waals surface area contributed by atoms with Crippen molar-refractivity contribution in [3.63, 3.8) is 0 Å². The molecule has 1 amide bonds. The van der Waals surface area contributed by atoms with E-state index in [4.69, 9.17) is 0 Å². The normalized spacial score (nSPS) is 10.9. The van der Waals surface area contributed by atoms with E-state index in [-0.39, 0.29) is 11.5 Å². The van der Waals surface area contributed by atoms with Gasteiger partial charge >= 0.3 is 0 Å². The smallest absolute Gasteiger partial charge is 0.265 e. The lowest BCUT2D eigenvalue weighted by atomic mass is 10.1. The Labute approximate surface area is 175 Å². The molecular formula is C25H23N3O2. The number of carbonyl (C=O) groups is 1. The molecule has 5 heteroatoms. The number of aromatic nitrogens is 2. The van der Waals surface area contributed by atoms with Crippen molar-refractivity contribution in [2.24, 2.45) is 0 Å². The van der Waals surface area contributed by atoms with E-state index in [1.807, 2.05) is 63.2 Å². The fourth-order valence-corrected chi connectivity index (χ4v) is 3.75. The fraction of sp³-hybridized carbons (Fsp3) is 0.160. The Morgan fingerprint density at radius 3 is 2.30 bits per heavy atom. The number of hydrogen-bond donors (Lipinski definition) is 0. The Balaban J connectivity index is 1.71. The predicted octanol–water partition coefficient (Wildman–Crippen LogP) is 4.67. The van der Waals surface area contributed by atoms with Crippen molar-refractivity contribution in [3.8, 4) is 5.69 Å². The van der Waals surface area contributed by atoms with Crippen LogP contribution in [0.3, 0.4) is 0 Å². The van der Waals surface area contributed by atoms with Gasteiger partial charge in [0.2, 0.25) is 0 Å². The van der Waals surface area contributed by atoms with Crippen LogP contribution in [0.4, 0.5) is 5.69 Å². The van der Waals surface area contributed by atoms with Gasteiger partial charge in [0.1, 0.15) is 5.82 Å². The molecule has 30 heavy (non-hydrogen) atoms. The Morgan fingerprint density at radius 1 is 0.933 bits per heavy atom. The second-order valence-electron chi connectivity index (χ2n) is 7.20. The largest absolute Gasteiger partial charge is 0.308 e. The predicted molar refractivity (Wildman–Crippen MR) is 121 cm³/mol. The molecule has 0 saturated heterocycles. The molecule has 4 rings (SSSR count). The van der Waals surface area contributed by atoms with Gasteiger partial charge < -0.3 is 4.90 Å². The molecule has 0 bridgehead atoms. The van der Waals surface area contributed by atoms with Crippen molar-refractivity contribution in [1.29, 1.82) is 0 Å². The third-order valence-corrected chi connectivity index (χ3v) is 5.28. The highest BCUT2D eigenvalue weighted by Gasteiger charge is 2.18. The highest BCUT2D eigenvalue weighted by Crippen LogP contribution is 2.22. The summed E-state index contributed by atoms with van der Waals surface area (Å²) in [6.45, 7) is 6.33. The highest BCUT2D eigenvalue weighted by atomic mass is 16.2. The van der Waals surface area contributed by atoms with Crippen molar-refractivity contribution in [1.82, 2.24) is 9.55 Å². The van der Waals surface area contributed by atoms with E-state index < -0.39 is 0 Å². The molecule has 0 N–H and O–H groups in total. The van der Waals surface area contributed by atoms with Gasteiger partial charge in [0.05, 0.1) is 16.6 Å². The van der Waals surface area contributed by atoms with Crippen LogP contribution < -0.4 is 10.5 Å². The van der Waals surface area contributed by atoms with Gasteiger partial charge in [-0.05, 0) is 68.8 Å². The van der Waals surface area contributed by atoms with Crippen LogP contribution in [0.15, 0.2) is 77.6 Å². The molecule has 0 saturated carbocycles. The number of para-hydroxylation sites is 2. The first-order valence-corrected chi connectivity index (χ1v) is 9.97. The van der Waals surface area contributed by atoms with E-state index in [1.165, 1.54) is 0 Å². The number of fused-ring (bicyclic) bond motifs is 1. The van der Waals surface area contributed by atoms with Crippen LogP contribution in [0.25, 0.3) is 16.6 Å². The summed E-state index contributed by atoms with van der Waals surface area (Å²) in [4.78, 5) is 32.4. The Kier molecular flexibility index (Phi) is 5.19. The summed E-state index contributed by atoms with van der Waals surface area (Å²) < 4.78 is 1.58. The van der Waals surface area contributed by atoms with E-state index in [0.717, 1.165) is 11.3 Å². The van der Waals surface area contributed by atoms with Crippen molar-refractivity contribution in [3.05, 3.63) is 100 Å². The maximum Gasteiger partial charge on any atom is 0.265 e. The SMILES string of the molecule is CCN(C(=O)c1ccc(-n2c(C)nc3ccccc3c2=O)cc1)c1ccccc1C. The molecule has 0 aliphatic carbocycles. The number of amides is 1. The van der Waals surface area contributed by atoms with E-state index >= 15 is 0 Å². The average Bonchev–Trinajstić information content (AvgIpc) is 2.76. The van der Waals surface area contributed by atoms with Crippen LogP contribution >= 0.6 is 0 Å². The second kappa shape index (κ2) is 7.95. The highest BCUT2D eigenvalue weighted by molar-refractivity contribution is 6.06. The zero-order valence-electron chi connectivity index (χ0n) is 17.3. The van der Waals surface area contributed by atoms with Crippen molar-refractivity contribution < 1.29 is 4.79 Å². The summed E-state index contributed by atoms with van der Waals surface area (Å²) in [5.41, 5.74) is 3.77. The molecule has 1 heterocycles. The van der Waals surface area contributed by atoms with Crippen LogP contribution in [-0.2, 0) is 0 Å². The molecule has 0 fully saturated rings. The minimum absolute atomic E-state index is 0.0703. The number of anilines is 1. The minimum atomic E-state index is -0.118. The monoisotopic (exact) mass is 397 g/mol. The average molecular weight is 397 g/mol. The quantitative estimate of drug-likeness (QED) is 0.503. The van der Waals surface area contributed by atoms with Gasteiger partial charge in [0.25, 0.3) is 11.5 Å². The zero-order chi connectivity index (χ0) is 21.3. The summed E-state index contributed by atoms with van der Waals surface area (Å²) in [7, 11) is 0. The first-order chi connectivity index (χ1) is 14.5. The van der Waals surface area contributed by atoms with Crippen molar-refractivity contribution in [2.75, 3.05) is 11.4 Å². The summed E-state index contributed by atoms with van der Waals surface area (Å²) in [6.07, 6.45) is 0. The molecular weight excluding hydrogens is 374 g/mol. The van der Waals surface area contributed by atoms with Gasteiger partial charge in [-0.3, -0.25) is 14.2 Å². The van der Waals surface area contributed by atoms with E-state index in [2.05, 4.69) is 4.98 Å². The number of aryl methyl sites for hydroxylation is 2. The lowest BCUT2D eigenvalue weighted by Gasteiger charge is -2.23. The Hall–Kier alpha value is -3.73. The lowest BCUT2D eigenvalue weighted by Crippen LogP contribution is -2.31. The van der Waals surface area contributed by atoms with Gasteiger partial charge in [-0.25, -0.2) is 4.98 Å². The minimum Gasteiger partial charge on any atom is -0.308 e.